The number of hydrogen-bond acceptors (Lipinski definition) is 4. The van der Waals surface area contributed by atoms with Crippen LogP contribution in [0.5, 0.6) is 0 Å². The molecule has 0 aromatic heterocycles. The van der Waals surface area contributed by atoms with Gasteiger partial charge in [-0.25, -0.2) is 4.39 Å². The summed E-state index contributed by atoms with van der Waals surface area (Å²) in [5.41, 5.74) is -1.02. The maximum atomic E-state index is 13.8. The number of carbonyl (C=O) groups excluding carboxylic acids is 2. The van der Waals surface area contributed by atoms with Crippen molar-refractivity contribution in [3.63, 3.8) is 0 Å². The zero-order valence-electron chi connectivity index (χ0n) is 12.4. The Balaban J connectivity index is 3.04. The van der Waals surface area contributed by atoms with E-state index in [0.29, 0.717) is 0 Å². The van der Waals surface area contributed by atoms with E-state index in [0.717, 1.165) is 0 Å². The largest absolute Gasteiger partial charge is 0.469 e. The van der Waals surface area contributed by atoms with Crippen molar-refractivity contribution in [1.82, 2.24) is 4.90 Å². The van der Waals surface area contributed by atoms with Crippen LogP contribution in [-0.4, -0.2) is 47.7 Å². The Morgan fingerprint density at radius 1 is 1.33 bits per heavy atom. The minimum absolute atomic E-state index is 0.0277. The minimum Gasteiger partial charge on any atom is -0.469 e. The molecule has 0 aliphatic rings. The van der Waals surface area contributed by atoms with Gasteiger partial charge in [0.05, 0.1) is 31.2 Å². The number of ether oxygens (including phenoxy) is 1. The summed E-state index contributed by atoms with van der Waals surface area (Å²) in [7, 11) is 1.25. The molecule has 116 valence electrons. The number of methoxy groups -OCH3 is 1. The van der Waals surface area contributed by atoms with Crippen molar-refractivity contribution in [2.45, 2.75) is 25.8 Å². The Morgan fingerprint density at radius 2 is 1.95 bits per heavy atom. The van der Waals surface area contributed by atoms with Gasteiger partial charge in [0.1, 0.15) is 5.82 Å². The molecule has 0 radical (unpaired) electrons. The summed E-state index contributed by atoms with van der Waals surface area (Å²) in [4.78, 5) is 25.0. The molecule has 1 N–H and O–H groups in total. The van der Waals surface area contributed by atoms with E-state index in [-0.39, 0.29) is 25.1 Å². The van der Waals surface area contributed by atoms with Gasteiger partial charge < -0.3 is 14.7 Å². The molecule has 5 nitrogen and oxygen atoms in total. The van der Waals surface area contributed by atoms with Crippen molar-refractivity contribution in [2.24, 2.45) is 0 Å². The van der Waals surface area contributed by atoms with Gasteiger partial charge in [0.25, 0.3) is 5.91 Å². The van der Waals surface area contributed by atoms with Gasteiger partial charge in [0.2, 0.25) is 0 Å². The number of nitrogens with zero attached hydrogens (tertiary/aromatic N) is 1. The molecule has 0 aliphatic carbocycles. The normalized spacial score (nSPS) is 11.1. The lowest BCUT2D eigenvalue weighted by Crippen LogP contribution is -2.51. The fourth-order valence-corrected chi connectivity index (χ4v) is 1.85. The number of amides is 1. The van der Waals surface area contributed by atoms with Gasteiger partial charge in [0.15, 0.2) is 0 Å². The van der Waals surface area contributed by atoms with Crippen LogP contribution in [0.15, 0.2) is 24.3 Å². The number of halogens is 1. The van der Waals surface area contributed by atoms with Gasteiger partial charge in [-0.1, -0.05) is 12.1 Å². The van der Waals surface area contributed by atoms with E-state index in [1.54, 1.807) is 19.9 Å². The zero-order valence-corrected chi connectivity index (χ0v) is 12.4. The number of aliphatic hydroxyl groups is 1. The van der Waals surface area contributed by atoms with Crippen LogP contribution in [0, 0.1) is 5.82 Å². The van der Waals surface area contributed by atoms with Gasteiger partial charge in [-0.3, -0.25) is 9.59 Å². The smallest absolute Gasteiger partial charge is 0.307 e. The van der Waals surface area contributed by atoms with Crippen LogP contribution in [0.2, 0.25) is 0 Å². The maximum absolute atomic E-state index is 13.8. The molecule has 1 aromatic carbocycles. The van der Waals surface area contributed by atoms with Crippen LogP contribution in [0.25, 0.3) is 0 Å². The molecule has 1 amide bonds. The third-order valence-corrected chi connectivity index (χ3v) is 3.23. The summed E-state index contributed by atoms with van der Waals surface area (Å²) in [6, 6.07) is 5.61. The molecule has 0 saturated heterocycles. The Hall–Kier alpha value is -1.95. The lowest BCUT2D eigenvalue weighted by Gasteiger charge is -2.37. The molecule has 0 aliphatic heterocycles. The SMILES string of the molecule is COC(=O)CCN(C(=O)c1ccccc1F)C(C)(C)CO. The van der Waals surface area contributed by atoms with Crippen molar-refractivity contribution in [3.05, 3.63) is 35.6 Å². The average Bonchev–Trinajstić information content (AvgIpc) is 2.47. The molecule has 1 aromatic rings. The van der Waals surface area contributed by atoms with E-state index in [2.05, 4.69) is 4.74 Å². The van der Waals surface area contributed by atoms with Crippen LogP contribution < -0.4 is 0 Å². The molecule has 0 bridgehead atoms. The average molecular weight is 297 g/mol. The Bertz CT molecular complexity index is 516. The summed E-state index contributed by atoms with van der Waals surface area (Å²) in [6.45, 7) is 3.01. The molecular weight excluding hydrogens is 277 g/mol. The molecule has 0 atom stereocenters. The lowest BCUT2D eigenvalue weighted by atomic mass is 10.0. The van der Waals surface area contributed by atoms with E-state index in [1.807, 2.05) is 0 Å². The molecule has 0 spiro atoms. The van der Waals surface area contributed by atoms with Crippen LogP contribution in [-0.2, 0) is 9.53 Å². The number of carbonyl (C=O) groups is 2. The summed E-state index contributed by atoms with van der Waals surface area (Å²) in [6.07, 6.45) is -0.0277. The fraction of sp³-hybridized carbons (Fsp3) is 0.467. The maximum Gasteiger partial charge on any atom is 0.307 e. The summed E-state index contributed by atoms with van der Waals surface area (Å²) in [5, 5.41) is 9.45. The predicted molar refractivity (Wildman–Crippen MR) is 75.2 cm³/mol. The van der Waals surface area contributed by atoms with E-state index in [1.165, 1.54) is 30.2 Å². The van der Waals surface area contributed by atoms with Gasteiger partial charge in [0, 0.05) is 6.54 Å². The molecule has 6 heteroatoms. The van der Waals surface area contributed by atoms with Crippen LogP contribution in [0.1, 0.15) is 30.6 Å². The first-order chi connectivity index (χ1) is 9.83. The third kappa shape index (κ3) is 4.26. The topological polar surface area (TPSA) is 66.8 Å². The van der Waals surface area contributed by atoms with Crippen molar-refractivity contribution in [2.75, 3.05) is 20.3 Å². The van der Waals surface area contributed by atoms with Gasteiger partial charge in [-0.2, -0.15) is 0 Å². The molecule has 0 heterocycles. The first kappa shape index (κ1) is 17.1. The van der Waals surface area contributed by atoms with Crippen molar-refractivity contribution in [3.8, 4) is 0 Å². The van der Waals surface area contributed by atoms with E-state index in [9.17, 15) is 19.1 Å². The molecule has 1 rings (SSSR count). The Kier molecular flexibility index (Phi) is 5.84. The first-order valence-corrected chi connectivity index (χ1v) is 6.57. The van der Waals surface area contributed by atoms with Crippen LogP contribution in [0.3, 0.4) is 0 Å². The highest BCUT2D eigenvalue weighted by atomic mass is 19.1. The summed E-state index contributed by atoms with van der Waals surface area (Å²) < 4.78 is 18.3. The highest BCUT2D eigenvalue weighted by Gasteiger charge is 2.32. The van der Waals surface area contributed by atoms with Crippen LogP contribution in [0.4, 0.5) is 4.39 Å². The monoisotopic (exact) mass is 297 g/mol. The lowest BCUT2D eigenvalue weighted by molar-refractivity contribution is -0.141. The van der Waals surface area contributed by atoms with Crippen molar-refractivity contribution < 1.29 is 23.8 Å². The second kappa shape index (κ2) is 7.17. The number of aliphatic hydroxyl groups excluding tert-OH is 1. The second-order valence-corrected chi connectivity index (χ2v) is 5.23. The predicted octanol–water partition coefficient (Wildman–Crippen LogP) is 1.60. The minimum atomic E-state index is -0.923. The number of hydrogen-bond donors (Lipinski definition) is 1. The van der Waals surface area contributed by atoms with Gasteiger partial charge in [-0.15, -0.1) is 0 Å². The number of esters is 1. The van der Waals surface area contributed by atoms with Crippen LogP contribution >= 0.6 is 0 Å². The van der Waals surface area contributed by atoms with E-state index >= 15 is 0 Å². The molecular formula is C15H20FNO4. The van der Waals surface area contributed by atoms with Crippen molar-refractivity contribution in [1.29, 1.82) is 0 Å². The molecule has 0 saturated carbocycles. The summed E-state index contributed by atoms with van der Waals surface area (Å²) in [5.74, 6) is -1.69. The quantitative estimate of drug-likeness (QED) is 0.810. The zero-order chi connectivity index (χ0) is 16.0. The Labute approximate surface area is 123 Å². The Morgan fingerprint density at radius 3 is 2.48 bits per heavy atom. The molecule has 0 fully saturated rings. The highest BCUT2D eigenvalue weighted by Crippen LogP contribution is 2.19. The van der Waals surface area contributed by atoms with Crippen molar-refractivity contribution >= 4 is 11.9 Å². The van der Waals surface area contributed by atoms with E-state index in [4.69, 9.17) is 0 Å². The highest BCUT2D eigenvalue weighted by molar-refractivity contribution is 5.95. The molecule has 21 heavy (non-hydrogen) atoms. The van der Waals surface area contributed by atoms with Gasteiger partial charge in [-0.05, 0) is 26.0 Å². The molecule has 0 unspecified atom stereocenters. The summed E-state index contributed by atoms with van der Waals surface area (Å²) >= 11 is 0. The second-order valence-electron chi connectivity index (χ2n) is 5.23. The third-order valence-electron chi connectivity index (χ3n) is 3.23. The number of benzene rings is 1. The van der Waals surface area contributed by atoms with E-state index < -0.39 is 23.2 Å². The fourth-order valence-electron chi connectivity index (χ4n) is 1.85. The first-order valence-electron chi connectivity index (χ1n) is 6.57. The number of rotatable bonds is 6. The standard InChI is InChI=1S/C15H20FNO4/c1-15(2,10-18)17(9-8-13(19)21-3)14(20)11-6-4-5-7-12(11)16/h4-7,18H,8-10H2,1-3H3. The van der Waals surface area contributed by atoms with Gasteiger partial charge >= 0.3 is 5.97 Å².